The van der Waals surface area contributed by atoms with Crippen molar-refractivity contribution in [2.75, 3.05) is 19.7 Å². The number of esters is 1. The van der Waals surface area contributed by atoms with E-state index >= 15 is 0 Å². The predicted octanol–water partition coefficient (Wildman–Crippen LogP) is 5.94. The number of nitrogens with one attached hydrogen (secondary N) is 1. The van der Waals surface area contributed by atoms with E-state index in [0.29, 0.717) is 23.9 Å². The van der Waals surface area contributed by atoms with Gasteiger partial charge in [-0.15, -0.1) is 0 Å². The molecular formula is C27H40Cl2N2O5. The van der Waals surface area contributed by atoms with Gasteiger partial charge in [-0.05, 0) is 31.5 Å². The molecule has 1 N–H and O–H groups in total. The lowest BCUT2D eigenvalue weighted by Crippen LogP contribution is -2.60. The van der Waals surface area contributed by atoms with E-state index in [-0.39, 0.29) is 23.9 Å². The van der Waals surface area contributed by atoms with Gasteiger partial charge in [-0.25, -0.2) is 0 Å². The van der Waals surface area contributed by atoms with Gasteiger partial charge < -0.3 is 19.7 Å². The minimum absolute atomic E-state index is 0.191. The van der Waals surface area contributed by atoms with E-state index in [9.17, 15) is 14.4 Å². The van der Waals surface area contributed by atoms with Crippen LogP contribution in [0.25, 0.3) is 0 Å². The van der Waals surface area contributed by atoms with E-state index in [2.05, 4.69) is 12.2 Å². The van der Waals surface area contributed by atoms with E-state index in [1.165, 1.54) is 55.9 Å². The maximum atomic E-state index is 13.1. The Balaban J connectivity index is 1.74. The molecule has 2 amide bonds. The number of ether oxygens (including phenoxy) is 2. The SMILES string of the molecule is CCCCCCCCCCCCOC(=O)CC1C(=O)NCCN1C(=O)C(C)Oc1ccc(Cl)cc1Cl. The molecular weight excluding hydrogens is 503 g/mol. The van der Waals surface area contributed by atoms with Crippen molar-refractivity contribution in [1.82, 2.24) is 10.2 Å². The molecule has 1 heterocycles. The minimum Gasteiger partial charge on any atom is -0.479 e. The molecule has 2 rings (SSSR count). The number of unbranched alkanes of at least 4 members (excludes halogenated alkanes) is 9. The van der Waals surface area contributed by atoms with Crippen LogP contribution in [0.5, 0.6) is 5.75 Å². The standard InChI is InChI=1S/C27H40Cl2N2O5/c1-3-4-5-6-7-8-9-10-11-12-17-35-25(32)19-23-26(33)30-15-16-31(23)27(34)20(2)36-24-14-13-21(28)18-22(24)29/h13-14,18,20,23H,3-12,15-17,19H2,1-2H3,(H,30,33). The van der Waals surface area contributed by atoms with Crippen LogP contribution in [0.1, 0.15) is 84.5 Å². The Kier molecular flexibility index (Phi) is 14.0. The van der Waals surface area contributed by atoms with E-state index in [1.807, 2.05) is 0 Å². The van der Waals surface area contributed by atoms with Crippen LogP contribution in [0.4, 0.5) is 0 Å². The molecule has 0 spiro atoms. The topological polar surface area (TPSA) is 84.9 Å². The van der Waals surface area contributed by atoms with Crippen LogP contribution in [-0.2, 0) is 19.1 Å². The molecule has 7 nitrogen and oxygen atoms in total. The molecule has 1 saturated heterocycles. The first-order valence-electron chi connectivity index (χ1n) is 13.2. The third-order valence-electron chi connectivity index (χ3n) is 6.28. The zero-order valence-corrected chi connectivity index (χ0v) is 23.0. The highest BCUT2D eigenvalue weighted by atomic mass is 35.5. The fourth-order valence-corrected chi connectivity index (χ4v) is 4.67. The molecule has 202 valence electrons. The first kappa shape index (κ1) is 30.2. The van der Waals surface area contributed by atoms with Gasteiger partial charge in [-0.2, -0.15) is 0 Å². The number of benzene rings is 1. The van der Waals surface area contributed by atoms with Crippen LogP contribution < -0.4 is 10.1 Å². The average Bonchev–Trinajstić information content (AvgIpc) is 2.85. The third-order valence-corrected chi connectivity index (χ3v) is 6.81. The summed E-state index contributed by atoms with van der Waals surface area (Å²) in [5, 5.41) is 3.46. The van der Waals surface area contributed by atoms with Crippen LogP contribution in [-0.4, -0.2) is 54.5 Å². The fraction of sp³-hybridized carbons (Fsp3) is 0.667. The fourth-order valence-electron chi connectivity index (χ4n) is 4.22. The summed E-state index contributed by atoms with van der Waals surface area (Å²) in [6.07, 6.45) is 10.9. The summed E-state index contributed by atoms with van der Waals surface area (Å²) in [6.45, 7) is 4.72. The summed E-state index contributed by atoms with van der Waals surface area (Å²) in [6, 6.07) is 3.79. The van der Waals surface area contributed by atoms with Crippen molar-refractivity contribution in [3.63, 3.8) is 0 Å². The Morgan fingerprint density at radius 2 is 1.69 bits per heavy atom. The Hall–Kier alpha value is -1.99. The second kappa shape index (κ2) is 16.7. The van der Waals surface area contributed by atoms with Gasteiger partial charge >= 0.3 is 5.97 Å². The molecule has 2 atom stereocenters. The smallest absolute Gasteiger partial charge is 0.308 e. The normalized spacial score (nSPS) is 16.4. The number of hydrogen-bond donors (Lipinski definition) is 1. The van der Waals surface area contributed by atoms with Crippen molar-refractivity contribution in [3.05, 3.63) is 28.2 Å². The van der Waals surface area contributed by atoms with Gasteiger partial charge in [0.15, 0.2) is 6.10 Å². The number of amides is 2. The molecule has 1 aromatic rings. The Bertz CT molecular complexity index is 851. The maximum absolute atomic E-state index is 13.1. The Labute approximate surface area is 225 Å². The zero-order valence-electron chi connectivity index (χ0n) is 21.5. The van der Waals surface area contributed by atoms with Gasteiger partial charge in [0.1, 0.15) is 11.8 Å². The minimum atomic E-state index is -0.932. The summed E-state index contributed by atoms with van der Waals surface area (Å²) < 4.78 is 11.1. The summed E-state index contributed by atoms with van der Waals surface area (Å²) in [5.74, 6) is -0.943. The van der Waals surface area contributed by atoms with Crippen LogP contribution in [0.3, 0.4) is 0 Å². The van der Waals surface area contributed by atoms with Crippen molar-refractivity contribution >= 4 is 41.0 Å². The molecule has 0 saturated carbocycles. The van der Waals surface area contributed by atoms with Gasteiger partial charge in [-0.1, -0.05) is 87.9 Å². The first-order chi connectivity index (χ1) is 17.3. The Morgan fingerprint density at radius 1 is 1.06 bits per heavy atom. The molecule has 0 bridgehead atoms. The number of carbonyl (C=O) groups is 3. The average molecular weight is 544 g/mol. The summed E-state index contributed by atoms with van der Waals surface area (Å²) in [7, 11) is 0. The molecule has 0 aliphatic carbocycles. The third kappa shape index (κ3) is 10.6. The number of hydrogen-bond acceptors (Lipinski definition) is 5. The van der Waals surface area contributed by atoms with E-state index in [0.717, 1.165) is 19.3 Å². The second-order valence-corrected chi connectivity index (χ2v) is 10.1. The van der Waals surface area contributed by atoms with E-state index in [4.69, 9.17) is 32.7 Å². The van der Waals surface area contributed by atoms with Crippen molar-refractivity contribution in [2.24, 2.45) is 0 Å². The lowest BCUT2D eigenvalue weighted by atomic mass is 10.1. The van der Waals surface area contributed by atoms with E-state index in [1.54, 1.807) is 19.1 Å². The van der Waals surface area contributed by atoms with Crippen molar-refractivity contribution in [1.29, 1.82) is 0 Å². The van der Waals surface area contributed by atoms with Crippen molar-refractivity contribution in [2.45, 2.75) is 96.6 Å². The predicted molar refractivity (Wildman–Crippen MR) is 142 cm³/mol. The molecule has 1 aliphatic heterocycles. The number of halogens is 2. The van der Waals surface area contributed by atoms with Crippen LogP contribution in [0.2, 0.25) is 10.0 Å². The molecule has 36 heavy (non-hydrogen) atoms. The highest BCUT2D eigenvalue weighted by Crippen LogP contribution is 2.28. The zero-order chi connectivity index (χ0) is 26.3. The highest BCUT2D eigenvalue weighted by molar-refractivity contribution is 6.35. The van der Waals surface area contributed by atoms with Crippen LogP contribution in [0, 0.1) is 0 Å². The monoisotopic (exact) mass is 542 g/mol. The van der Waals surface area contributed by atoms with Crippen LogP contribution in [0.15, 0.2) is 18.2 Å². The molecule has 1 aromatic carbocycles. The molecule has 1 aliphatic rings. The van der Waals surface area contributed by atoms with E-state index < -0.39 is 24.0 Å². The highest BCUT2D eigenvalue weighted by Gasteiger charge is 2.37. The number of nitrogens with zero attached hydrogens (tertiary/aromatic N) is 1. The number of piperazine rings is 1. The van der Waals surface area contributed by atoms with Gasteiger partial charge in [-0.3, -0.25) is 14.4 Å². The quantitative estimate of drug-likeness (QED) is 0.206. The number of rotatable bonds is 16. The lowest BCUT2D eigenvalue weighted by molar-refractivity contribution is -0.154. The lowest BCUT2D eigenvalue weighted by Gasteiger charge is -2.36. The van der Waals surface area contributed by atoms with Gasteiger partial charge in [0.25, 0.3) is 5.91 Å². The summed E-state index contributed by atoms with van der Waals surface area (Å²) >= 11 is 12.1. The van der Waals surface area contributed by atoms with Crippen molar-refractivity contribution in [3.8, 4) is 5.75 Å². The first-order valence-corrected chi connectivity index (χ1v) is 13.9. The molecule has 2 unspecified atom stereocenters. The number of carbonyl (C=O) groups excluding carboxylic acids is 3. The van der Waals surface area contributed by atoms with Gasteiger partial charge in [0, 0.05) is 18.1 Å². The second-order valence-electron chi connectivity index (χ2n) is 9.28. The molecule has 0 radical (unpaired) electrons. The van der Waals surface area contributed by atoms with Gasteiger partial charge in [0.05, 0.1) is 18.1 Å². The molecule has 9 heteroatoms. The largest absolute Gasteiger partial charge is 0.479 e. The van der Waals surface area contributed by atoms with Crippen molar-refractivity contribution < 1.29 is 23.9 Å². The maximum Gasteiger partial charge on any atom is 0.308 e. The summed E-state index contributed by atoms with van der Waals surface area (Å²) in [5.41, 5.74) is 0. The van der Waals surface area contributed by atoms with Crippen LogP contribution >= 0.6 is 23.2 Å². The van der Waals surface area contributed by atoms with Gasteiger partial charge in [0.2, 0.25) is 5.91 Å². The summed E-state index contributed by atoms with van der Waals surface area (Å²) in [4.78, 5) is 39.4. The Morgan fingerprint density at radius 3 is 2.33 bits per heavy atom. The molecule has 0 aromatic heterocycles. The molecule has 1 fully saturated rings.